The molecule has 108 valence electrons. The summed E-state index contributed by atoms with van der Waals surface area (Å²) in [5, 5.41) is 3.46. The van der Waals surface area contributed by atoms with Gasteiger partial charge in [-0.1, -0.05) is 13.8 Å². The number of hydrogen-bond donors (Lipinski definition) is 1. The first-order valence-corrected chi connectivity index (χ1v) is 7.07. The molecule has 4 nitrogen and oxygen atoms in total. The van der Waals surface area contributed by atoms with Crippen LogP contribution >= 0.6 is 0 Å². The normalized spacial score (nSPS) is 11.3. The lowest BCUT2D eigenvalue weighted by molar-refractivity contribution is 0.200. The van der Waals surface area contributed by atoms with Crippen LogP contribution in [0.5, 0.6) is 0 Å². The lowest BCUT2D eigenvalue weighted by Gasteiger charge is -2.12. The zero-order valence-corrected chi connectivity index (χ0v) is 12.9. The van der Waals surface area contributed by atoms with Crippen molar-refractivity contribution in [1.82, 2.24) is 15.3 Å². The quantitative estimate of drug-likeness (QED) is 0.731. The Hall–Kier alpha value is -1.00. The van der Waals surface area contributed by atoms with E-state index in [1.807, 2.05) is 0 Å². The van der Waals surface area contributed by atoms with Crippen LogP contribution in [0, 0.1) is 19.8 Å². The number of rotatable bonds is 8. The van der Waals surface area contributed by atoms with Crippen molar-refractivity contribution in [3.63, 3.8) is 0 Å². The molecule has 0 saturated heterocycles. The third-order valence-corrected chi connectivity index (χ3v) is 3.10. The summed E-state index contributed by atoms with van der Waals surface area (Å²) >= 11 is 0. The smallest absolute Gasteiger partial charge is 0.131 e. The van der Waals surface area contributed by atoms with E-state index in [1.54, 1.807) is 7.11 Å². The summed E-state index contributed by atoms with van der Waals surface area (Å²) in [5.74, 6) is 1.57. The summed E-state index contributed by atoms with van der Waals surface area (Å²) in [6.45, 7) is 11.3. The number of hydrogen-bond acceptors (Lipinski definition) is 4. The minimum atomic E-state index is 0.675. The van der Waals surface area contributed by atoms with E-state index in [0.29, 0.717) is 12.5 Å². The average molecular weight is 265 g/mol. The van der Waals surface area contributed by atoms with Gasteiger partial charge in [0.15, 0.2) is 0 Å². The summed E-state index contributed by atoms with van der Waals surface area (Å²) in [6.07, 6.45) is 1.78. The molecule has 19 heavy (non-hydrogen) atoms. The van der Waals surface area contributed by atoms with E-state index in [0.717, 1.165) is 43.1 Å². The van der Waals surface area contributed by atoms with Gasteiger partial charge in [0, 0.05) is 24.9 Å². The van der Waals surface area contributed by atoms with Gasteiger partial charge in [-0.15, -0.1) is 0 Å². The van der Waals surface area contributed by atoms with Crippen molar-refractivity contribution >= 4 is 0 Å². The number of ether oxygens (including phenoxy) is 1. The molecule has 0 spiro atoms. The topological polar surface area (TPSA) is 47.0 Å². The molecule has 0 bridgehead atoms. The Labute approximate surface area is 117 Å². The van der Waals surface area contributed by atoms with Gasteiger partial charge in [-0.25, -0.2) is 9.97 Å². The maximum atomic E-state index is 5.07. The van der Waals surface area contributed by atoms with Crippen LogP contribution in [0.2, 0.25) is 0 Å². The number of aromatic nitrogens is 2. The molecule has 1 aromatic rings. The van der Waals surface area contributed by atoms with Gasteiger partial charge in [0.25, 0.3) is 0 Å². The van der Waals surface area contributed by atoms with Crippen molar-refractivity contribution in [1.29, 1.82) is 0 Å². The van der Waals surface area contributed by atoms with E-state index in [2.05, 4.69) is 43.0 Å². The monoisotopic (exact) mass is 265 g/mol. The van der Waals surface area contributed by atoms with Crippen molar-refractivity contribution in [2.45, 2.75) is 40.5 Å². The molecule has 0 saturated carbocycles. The molecule has 4 heteroatoms. The van der Waals surface area contributed by atoms with Gasteiger partial charge < -0.3 is 10.1 Å². The SMILES string of the molecule is COCCc1nc(C)c(CCNCC(C)C)c(C)n1. The van der Waals surface area contributed by atoms with Gasteiger partial charge in [-0.2, -0.15) is 0 Å². The molecule has 1 heterocycles. The summed E-state index contributed by atoms with van der Waals surface area (Å²) in [4.78, 5) is 9.13. The van der Waals surface area contributed by atoms with Crippen LogP contribution in [0.25, 0.3) is 0 Å². The van der Waals surface area contributed by atoms with E-state index in [1.165, 1.54) is 5.56 Å². The molecule has 0 aliphatic rings. The van der Waals surface area contributed by atoms with Crippen LogP contribution < -0.4 is 5.32 Å². The fourth-order valence-corrected chi connectivity index (χ4v) is 2.08. The minimum absolute atomic E-state index is 0.675. The highest BCUT2D eigenvalue weighted by molar-refractivity contribution is 5.24. The van der Waals surface area contributed by atoms with Gasteiger partial charge in [-0.3, -0.25) is 0 Å². The predicted molar refractivity (Wildman–Crippen MR) is 78.5 cm³/mol. The van der Waals surface area contributed by atoms with Gasteiger partial charge in [-0.05, 0) is 44.8 Å². The lowest BCUT2D eigenvalue weighted by Crippen LogP contribution is -2.23. The van der Waals surface area contributed by atoms with Crippen molar-refractivity contribution < 1.29 is 4.74 Å². The van der Waals surface area contributed by atoms with Crippen LogP contribution in [-0.4, -0.2) is 36.8 Å². The Balaban J connectivity index is 2.58. The molecule has 1 aromatic heterocycles. The van der Waals surface area contributed by atoms with E-state index < -0.39 is 0 Å². The molecule has 0 radical (unpaired) electrons. The molecule has 0 aliphatic carbocycles. The van der Waals surface area contributed by atoms with Gasteiger partial charge in [0.2, 0.25) is 0 Å². The lowest BCUT2D eigenvalue weighted by atomic mass is 10.1. The first kappa shape index (κ1) is 16.1. The third-order valence-electron chi connectivity index (χ3n) is 3.10. The second-order valence-electron chi connectivity index (χ2n) is 5.38. The first-order valence-electron chi connectivity index (χ1n) is 7.07. The first-order chi connectivity index (χ1) is 9.04. The Morgan fingerprint density at radius 2 is 1.74 bits per heavy atom. The Bertz CT molecular complexity index is 368. The van der Waals surface area contributed by atoms with Crippen LogP contribution in [0.15, 0.2) is 0 Å². The zero-order chi connectivity index (χ0) is 14.3. The van der Waals surface area contributed by atoms with E-state index in [4.69, 9.17) is 4.74 Å². The molecule has 0 amide bonds. The molecule has 0 unspecified atom stereocenters. The average Bonchev–Trinajstić information content (AvgIpc) is 2.34. The number of nitrogens with zero attached hydrogens (tertiary/aromatic N) is 2. The highest BCUT2D eigenvalue weighted by Gasteiger charge is 2.08. The number of methoxy groups -OCH3 is 1. The standard InChI is InChI=1S/C15H27N3O/c1-11(2)10-16-8-6-14-12(3)17-15(7-9-19-5)18-13(14)4/h11,16H,6-10H2,1-5H3. The zero-order valence-electron chi connectivity index (χ0n) is 12.9. The van der Waals surface area contributed by atoms with Crippen molar-refractivity contribution in [2.24, 2.45) is 5.92 Å². The molecule has 1 N–H and O–H groups in total. The maximum Gasteiger partial charge on any atom is 0.131 e. The summed E-state index contributed by atoms with van der Waals surface area (Å²) in [7, 11) is 1.70. The molecule has 0 aromatic carbocycles. The van der Waals surface area contributed by atoms with Crippen LogP contribution in [-0.2, 0) is 17.6 Å². The van der Waals surface area contributed by atoms with Gasteiger partial charge in [0.1, 0.15) is 5.82 Å². The number of aryl methyl sites for hydroxylation is 2. The second-order valence-corrected chi connectivity index (χ2v) is 5.38. The Morgan fingerprint density at radius 1 is 1.11 bits per heavy atom. The molecule has 0 fully saturated rings. The van der Waals surface area contributed by atoms with Gasteiger partial charge >= 0.3 is 0 Å². The molecular formula is C15H27N3O. The van der Waals surface area contributed by atoms with E-state index in [-0.39, 0.29) is 0 Å². The fraction of sp³-hybridized carbons (Fsp3) is 0.733. The fourth-order valence-electron chi connectivity index (χ4n) is 2.08. The van der Waals surface area contributed by atoms with E-state index >= 15 is 0 Å². The molecule has 0 atom stereocenters. The van der Waals surface area contributed by atoms with Crippen LogP contribution in [0.1, 0.15) is 36.6 Å². The highest BCUT2D eigenvalue weighted by Crippen LogP contribution is 2.11. The van der Waals surface area contributed by atoms with E-state index in [9.17, 15) is 0 Å². The minimum Gasteiger partial charge on any atom is -0.384 e. The number of nitrogens with one attached hydrogen (secondary N) is 1. The maximum absolute atomic E-state index is 5.07. The van der Waals surface area contributed by atoms with Crippen LogP contribution in [0.3, 0.4) is 0 Å². The Morgan fingerprint density at radius 3 is 2.26 bits per heavy atom. The van der Waals surface area contributed by atoms with Gasteiger partial charge in [0.05, 0.1) is 6.61 Å². The summed E-state index contributed by atoms with van der Waals surface area (Å²) in [5.41, 5.74) is 3.48. The summed E-state index contributed by atoms with van der Waals surface area (Å²) in [6, 6.07) is 0. The Kier molecular flexibility index (Phi) is 6.95. The molecule has 1 rings (SSSR count). The van der Waals surface area contributed by atoms with Crippen molar-refractivity contribution in [3.8, 4) is 0 Å². The molecular weight excluding hydrogens is 238 g/mol. The van der Waals surface area contributed by atoms with Crippen molar-refractivity contribution in [3.05, 3.63) is 22.8 Å². The highest BCUT2D eigenvalue weighted by atomic mass is 16.5. The second kappa shape index (κ2) is 8.23. The van der Waals surface area contributed by atoms with Crippen molar-refractivity contribution in [2.75, 3.05) is 26.8 Å². The third kappa shape index (κ3) is 5.66. The largest absolute Gasteiger partial charge is 0.384 e. The predicted octanol–water partition coefficient (Wildman–Crippen LogP) is 2.07. The van der Waals surface area contributed by atoms with Crippen LogP contribution in [0.4, 0.5) is 0 Å². The summed E-state index contributed by atoms with van der Waals surface area (Å²) < 4.78 is 5.07. The molecule has 0 aliphatic heterocycles.